The van der Waals surface area contributed by atoms with E-state index in [0.29, 0.717) is 0 Å². The molecule has 0 aliphatic carbocycles. The van der Waals surface area contributed by atoms with E-state index in [0.717, 1.165) is 27.8 Å². The predicted molar refractivity (Wildman–Crippen MR) is 85.1 cm³/mol. The van der Waals surface area contributed by atoms with Crippen LogP contribution >= 0.6 is 11.3 Å². The summed E-state index contributed by atoms with van der Waals surface area (Å²) in [5.41, 5.74) is 2.03. The normalized spacial score (nSPS) is 10.5. The lowest BCUT2D eigenvalue weighted by atomic mass is 10.1. The van der Waals surface area contributed by atoms with E-state index in [4.69, 9.17) is 4.98 Å². The van der Waals surface area contributed by atoms with Gasteiger partial charge in [0.25, 0.3) is 0 Å². The molecule has 0 bridgehead atoms. The van der Waals surface area contributed by atoms with Crippen molar-refractivity contribution >= 4 is 17.2 Å². The molecule has 3 aromatic rings. The van der Waals surface area contributed by atoms with Crippen LogP contribution in [-0.2, 0) is 0 Å². The highest BCUT2D eigenvalue weighted by Crippen LogP contribution is 2.28. The molecule has 0 spiro atoms. The SMILES string of the molecule is CNc1cc(-c2ccccc2)nc(-c2ccc(C)s2)n1. The monoisotopic (exact) mass is 281 g/mol. The van der Waals surface area contributed by atoms with Crippen LogP contribution in [0.2, 0.25) is 0 Å². The van der Waals surface area contributed by atoms with E-state index in [2.05, 4.69) is 41.5 Å². The van der Waals surface area contributed by atoms with Crippen molar-refractivity contribution in [2.75, 3.05) is 12.4 Å². The first-order valence-electron chi connectivity index (χ1n) is 6.45. The van der Waals surface area contributed by atoms with Crippen LogP contribution in [0.4, 0.5) is 5.82 Å². The van der Waals surface area contributed by atoms with Gasteiger partial charge in [-0.15, -0.1) is 11.3 Å². The van der Waals surface area contributed by atoms with E-state index < -0.39 is 0 Å². The minimum absolute atomic E-state index is 0.772. The number of rotatable bonds is 3. The summed E-state index contributed by atoms with van der Waals surface area (Å²) in [5.74, 6) is 1.61. The van der Waals surface area contributed by atoms with Crippen molar-refractivity contribution in [1.82, 2.24) is 9.97 Å². The number of thiophene rings is 1. The van der Waals surface area contributed by atoms with Gasteiger partial charge in [-0.1, -0.05) is 30.3 Å². The summed E-state index contributed by atoms with van der Waals surface area (Å²) < 4.78 is 0. The molecule has 20 heavy (non-hydrogen) atoms. The van der Waals surface area contributed by atoms with E-state index in [-0.39, 0.29) is 0 Å². The van der Waals surface area contributed by atoms with Crippen LogP contribution in [-0.4, -0.2) is 17.0 Å². The van der Waals surface area contributed by atoms with Gasteiger partial charge in [0.15, 0.2) is 5.82 Å². The van der Waals surface area contributed by atoms with Gasteiger partial charge >= 0.3 is 0 Å². The number of aryl methyl sites for hydroxylation is 1. The maximum Gasteiger partial charge on any atom is 0.172 e. The molecule has 0 aliphatic rings. The van der Waals surface area contributed by atoms with E-state index in [1.165, 1.54) is 4.88 Å². The molecule has 4 heteroatoms. The van der Waals surface area contributed by atoms with Crippen molar-refractivity contribution in [3.8, 4) is 22.0 Å². The first-order chi connectivity index (χ1) is 9.76. The number of aromatic nitrogens is 2. The zero-order valence-electron chi connectivity index (χ0n) is 11.4. The molecular weight excluding hydrogens is 266 g/mol. The standard InChI is InChI=1S/C16H15N3S/c1-11-8-9-14(20-11)16-18-13(10-15(17-2)19-16)12-6-4-3-5-7-12/h3-10H,1-2H3,(H,17,18,19). The van der Waals surface area contributed by atoms with Gasteiger partial charge in [-0.25, -0.2) is 9.97 Å². The fourth-order valence-corrected chi connectivity index (χ4v) is 2.80. The molecule has 2 aromatic heterocycles. The summed E-state index contributed by atoms with van der Waals surface area (Å²) >= 11 is 1.71. The maximum absolute atomic E-state index is 4.69. The Bertz CT molecular complexity index is 720. The Morgan fingerprint density at radius 3 is 2.45 bits per heavy atom. The van der Waals surface area contributed by atoms with Gasteiger partial charge in [0.2, 0.25) is 0 Å². The predicted octanol–water partition coefficient (Wildman–Crippen LogP) is 4.22. The molecule has 0 fully saturated rings. The first-order valence-corrected chi connectivity index (χ1v) is 7.27. The van der Waals surface area contributed by atoms with Crippen molar-refractivity contribution in [3.05, 3.63) is 53.4 Å². The molecular formula is C16H15N3S. The van der Waals surface area contributed by atoms with Crippen molar-refractivity contribution < 1.29 is 0 Å². The molecule has 0 atom stereocenters. The van der Waals surface area contributed by atoms with Gasteiger partial charge in [0.1, 0.15) is 5.82 Å². The summed E-state index contributed by atoms with van der Waals surface area (Å²) in [7, 11) is 1.88. The van der Waals surface area contributed by atoms with Crippen LogP contribution in [0, 0.1) is 6.92 Å². The lowest BCUT2D eigenvalue weighted by Crippen LogP contribution is -1.97. The van der Waals surface area contributed by atoms with Gasteiger partial charge in [0, 0.05) is 23.6 Å². The largest absolute Gasteiger partial charge is 0.373 e. The quantitative estimate of drug-likeness (QED) is 0.781. The zero-order valence-corrected chi connectivity index (χ0v) is 12.2. The van der Waals surface area contributed by atoms with Gasteiger partial charge in [-0.3, -0.25) is 0 Å². The first kappa shape index (κ1) is 12.8. The van der Waals surface area contributed by atoms with Crippen LogP contribution < -0.4 is 5.32 Å². The fraction of sp³-hybridized carbons (Fsp3) is 0.125. The summed E-state index contributed by atoms with van der Waals surface area (Å²) in [6, 6.07) is 16.3. The number of anilines is 1. The van der Waals surface area contributed by atoms with E-state index in [1.54, 1.807) is 11.3 Å². The van der Waals surface area contributed by atoms with Crippen LogP contribution in [0.15, 0.2) is 48.5 Å². The number of hydrogen-bond acceptors (Lipinski definition) is 4. The molecule has 1 aromatic carbocycles. The smallest absolute Gasteiger partial charge is 0.172 e. The van der Waals surface area contributed by atoms with Gasteiger partial charge in [-0.2, -0.15) is 0 Å². The number of benzene rings is 1. The second-order valence-corrected chi connectivity index (χ2v) is 5.78. The summed E-state index contributed by atoms with van der Waals surface area (Å²) in [6.07, 6.45) is 0. The zero-order chi connectivity index (χ0) is 13.9. The average molecular weight is 281 g/mol. The molecule has 0 saturated heterocycles. The van der Waals surface area contributed by atoms with E-state index in [9.17, 15) is 0 Å². The Morgan fingerprint density at radius 1 is 1.00 bits per heavy atom. The topological polar surface area (TPSA) is 37.8 Å². The second-order valence-electron chi connectivity index (χ2n) is 4.49. The van der Waals surface area contributed by atoms with E-state index in [1.807, 2.05) is 31.3 Å². The second kappa shape index (κ2) is 5.43. The van der Waals surface area contributed by atoms with Crippen molar-refractivity contribution in [2.45, 2.75) is 6.92 Å². The van der Waals surface area contributed by atoms with Gasteiger partial charge in [-0.05, 0) is 19.1 Å². The molecule has 0 unspecified atom stereocenters. The highest BCUT2D eigenvalue weighted by atomic mass is 32.1. The fourth-order valence-electron chi connectivity index (χ4n) is 2.00. The van der Waals surface area contributed by atoms with Crippen molar-refractivity contribution in [2.24, 2.45) is 0 Å². The summed E-state index contributed by atoms with van der Waals surface area (Å²) in [5, 5.41) is 3.11. The number of nitrogens with one attached hydrogen (secondary N) is 1. The lowest BCUT2D eigenvalue weighted by molar-refractivity contribution is 1.18. The summed E-state index contributed by atoms with van der Waals surface area (Å²) in [6.45, 7) is 2.09. The maximum atomic E-state index is 4.69. The highest BCUT2D eigenvalue weighted by molar-refractivity contribution is 7.15. The molecule has 3 rings (SSSR count). The average Bonchev–Trinajstić information content (AvgIpc) is 2.94. The number of hydrogen-bond donors (Lipinski definition) is 1. The van der Waals surface area contributed by atoms with Crippen molar-refractivity contribution in [1.29, 1.82) is 0 Å². The molecule has 0 saturated carbocycles. The summed E-state index contributed by atoms with van der Waals surface area (Å²) in [4.78, 5) is 11.6. The molecule has 0 radical (unpaired) electrons. The molecule has 0 aliphatic heterocycles. The lowest BCUT2D eigenvalue weighted by Gasteiger charge is -2.07. The Kier molecular flexibility index (Phi) is 3.48. The molecule has 2 heterocycles. The van der Waals surface area contributed by atoms with Gasteiger partial charge < -0.3 is 5.32 Å². The molecule has 100 valence electrons. The third kappa shape index (κ3) is 2.56. The Balaban J connectivity index is 2.12. The van der Waals surface area contributed by atoms with Crippen LogP contribution in [0.3, 0.4) is 0 Å². The third-order valence-electron chi connectivity index (χ3n) is 3.01. The minimum atomic E-state index is 0.772. The van der Waals surface area contributed by atoms with Gasteiger partial charge in [0.05, 0.1) is 10.6 Å². The highest BCUT2D eigenvalue weighted by Gasteiger charge is 2.09. The van der Waals surface area contributed by atoms with Crippen LogP contribution in [0.5, 0.6) is 0 Å². The third-order valence-corrected chi connectivity index (χ3v) is 4.01. The van der Waals surface area contributed by atoms with Crippen LogP contribution in [0.25, 0.3) is 22.0 Å². The molecule has 3 nitrogen and oxygen atoms in total. The molecule has 0 amide bonds. The molecule has 1 N–H and O–H groups in total. The Morgan fingerprint density at radius 2 is 1.80 bits per heavy atom. The Labute approximate surface area is 122 Å². The van der Waals surface area contributed by atoms with Crippen LogP contribution in [0.1, 0.15) is 4.88 Å². The van der Waals surface area contributed by atoms with E-state index >= 15 is 0 Å². The number of nitrogens with zero attached hydrogens (tertiary/aromatic N) is 2. The van der Waals surface area contributed by atoms with Crippen molar-refractivity contribution in [3.63, 3.8) is 0 Å². The minimum Gasteiger partial charge on any atom is -0.373 e. The Hall–Kier alpha value is -2.20.